The van der Waals surface area contributed by atoms with E-state index in [1.54, 1.807) is 13.8 Å². The zero-order valence-corrected chi connectivity index (χ0v) is 12.9. The van der Waals surface area contributed by atoms with E-state index in [-0.39, 0.29) is 13.2 Å². The number of rotatable bonds is 6. The topological polar surface area (TPSA) is 52.6 Å². The molecule has 0 aliphatic rings. The molecule has 0 aromatic heterocycles. The molecule has 0 aliphatic carbocycles. The number of carbonyl (C=O) groups is 2. The molecule has 0 spiro atoms. The summed E-state index contributed by atoms with van der Waals surface area (Å²) < 4.78 is 10.1. The summed E-state index contributed by atoms with van der Waals surface area (Å²) in [6.45, 7) is 3.89. The number of hydrogen-bond acceptors (Lipinski definition) is 4. The van der Waals surface area contributed by atoms with Crippen molar-refractivity contribution in [2.45, 2.75) is 26.9 Å². The molecule has 4 heteroatoms. The largest absolute Gasteiger partial charge is 0.465 e. The average molecular weight is 300 g/mol. The molecule has 0 bridgehead atoms. The van der Waals surface area contributed by atoms with Crippen LogP contribution in [0.5, 0.6) is 0 Å². The maximum atomic E-state index is 12.0. The molecule has 116 valence electrons. The first kappa shape index (κ1) is 16.0. The van der Waals surface area contributed by atoms with Crippen LogP contribution >= 0.6 is 0 Å². The normalized spacial score (nSPS) is 11.9. The van der Waals surface area contributed by atoms with E-state index >= 15 is 0 Å². The summed E-state index contributed by atoms with van der Waals surface area (Å²) in [5.74, 6) is -1.90. The van der Waals surface area contributed by atoms with Crippen LogP contribution in [0.2, 0.25) is 0 Å². The zero-order chi connectivity index (χ0) is 15.9. The van der Waals surface area contributed by atoms with Crippen LogP contribution in [-0.2, 0) is 25.7 Å². The van der Waals surface area contributed by atoms with E-state index < -0.39 is 17.9 Å². The predicted molar refractivity (Wildman–Crippen MR) is 84.2 cm³/mol. The Balaban J connectivity index is 2.00. The van der Waals surface area contributed by atoms with Crippen LogP contribution in [0.1, 0.15) is 25.8 Å². The summed E-state index contributed by atoms with van der Waals surface area (Å²) in [6, 6.07) is 13.9. The Morgan fingerprint density at radius 3 is 2.32 bits per heavy atom. The fourth-order valence-corrected chi connectivity index (χ4v) is 2.26. The van der Waals surface area contributed by atoms with Gasteiger partial charge in [0.05, 0.1) is 6.61 Å². The van der Waals surface area contributed by atoms with Gasteiger partial charge in [-0.25, -0.2) is 0 Å². The highest BCUT2D eigenvalue weighted by molar-refractivity contribution is 5.94. The molecule has 2 rings (SSSR count). The van der Waals surface area contributed by atoms with Gasteiger partial charge in [-0.3, -0.25) is 9.59 Å². The Morgan fingerprint density at radius 2 is 1.64 bits per heavy atom. The van der Waals surface area contributed by atoms with Gasteiger partial charge in [-0.15, -0.1) is 0 Å². The van der Waals surface area contributed by atoms with E-state index in [1.165, 1.54) is 0 Å². The number of esters is 2. The van der Waals surface area contributed by atoms with Crippen molar-refractivity contribution in [2.75, 3.05) is 6.61 Å². The van der Waals surface area contributed by atoms with Crippen LogP contribution in [0.4, 0.5) is 0 Å². The van der Waals surface area contributed by atoms with Crippen molar-refractivity contribution in [3.05, 3.63) is 48.0 Å². The maximum absolute atomic E-state index is 12.0. The molecular weight excluding hydrogens is 280 g/mol. The van der Waals surface area contributed by atoms with Gasteiger partial charge in [0.1, 0.15) is 6.61 Å². The fraction of sp³-hybridized carbons (Fsp3) is 0.333. The Morgan fingerprint density at radius 1 is 0.955 bits per heavy atom. The molecule has 0 fully saturated rings. The maximum Gasteiger partial charge on any atom is 0.320 e. The molecule has 0 radical (unpaired) electrons. The molecule has 0 saturated heterocycles. The van der Waals surface area contributed by atoms with Crippen LogP contribution in [0.3, 0.4) is 0 Å². The highest BCUT2D eigenvalue weighted by Crippen LogP contribution is 2.17. The lowest BCUT2D eigenvalue weighted by Crippen LogP contribution is -2.27. The third-order valence-corrected chi connectivity index (χ3v) is 3.46. The average Bonchev–Trinajstić information content (AvgIpc) is 2.53. The number of hydrogen-bond donors (Lipinski definition) is 0. The molecule has 0 N–H and O–H groups in total. The minimum Gasteiger partial charge on any atom is -0.465 e. The summed E-state index contributed by atoms with van der Waals surface area (Å²) >= 11 is 0. The Bertz CT molecular complexity index is 663. The summed E-state index contributed by atoms with van der Waals surface area (Å²) in [7, 11) is 0. The highest BCUT2D eigenvalue weighted by Gasteiger charge is 2.27. The molecule has 2 aromatic carbocycles. The Labute approximate surface area is 130 Å². The first-order chi connectivity index (χ1) is 10.7. The molecule has 0 saturated carbocycles. The lowest BCUT2D eigenvalue weighted by atomic mass is 10.1. The summed E-state index contributed by atoms with van der Waals surface area (Å²) in [5.41, 5.74) is 0.894. The van der Waals surface area contributed by atoms with Gasteiger partial charge in [0.15, 0.2) is 5.92 Å². The van der Waals surface area contributed by atoms with E-state index in [0.29, 0.717) is 6.42 Å². The Kier molecular flexibility index (Phi) is 5.53. The van der Waals surface area contributed by atoms with E-state index in [2.05, 4.69) is 0 Å². The summed E-state index contributed by atoms with van der Waals surface area (Å²) in [6.07, 6.45) is 0.370. The SMILES string of the molecule is CCOC(=O)C(CC)C(=O)OCc1ccc2ccccc2c1. The van der Waals surface area contributed by atoms with Gasteiger partial charge >= 0.3 is 11.9 Å². The summed E-state index contributed by atoms with van der Waals surface area (Å²) in [4.78, 5) is 23.7. The molecule has 1 atom stereocenters. The van der Waals surface area contributed by atoms with Crippen molar-refractivity contribution >= 4 is 22.7 Å². The summed E-state index contributed by atoms with van der Waals surface area (Å²) in [5, 5.41) is 2.23. The number of carbonyl (C=O) groups excluding carboxylic acids is 2. The molecule has 22 heavy (non-hydrogen) atoms. The lowest BCUT2D eigenvalue weighted by molar-refractivity contribution is -0.162. The number of fused-ring (bicyclic) bond motifs is 1. The number of benzene rings is 2. The highest BCUT2D eigenvalue weighted by atomic mass is 16.6. The molecular formula is C18H20O4. The van der Waals surface area contributed by atoms with Crippen molar-refractivity contribution in [2.24, 2.45) is 5.92 Å². The smallest absolute Gasteiger partial charge is 0.320 e. The first-order valence-corrected chi connectivity index (χ1v) is 7.46. The third kappa shape index (κ3) is 3.85. The van der Waals surface area contributed by atoms with Gasteiger partial charge in [0, 0.05) is 0 Å². The zero-order valence-electron chi connectivity index (χ0n) is 12.9. The first-order valence-electron chi connectivity index (χ1n) is 7.46. The minimum atomic E-state index is -0.847. The third-order valence-electron chi connectivity index (χ3n) is 3.46. The Hall–Kier alpha value is -2.36. The molecule has 0 aliphatic heterocycles. The van der Waals surface area contributed by atoms with Crippen molar-refractivity contribution in [1.29, 1.82) is 0 Å². The second-order valence-corrected chi connectivity index (χ2v) is 5.00. The van der Waals surface area contributed by atoms with Crippen molar-refractivity contribution in [3.63, 3.8) is 0 Å². The van der Waals surface area contributed by atoms with E-state index in [9.17, 15) is 9.59 Å². The van der Waals surface area contributed by atoms with Crippen LogP contribution in [0, 0.1) is 5.92 Å². The minimum absolute atomic E-state index is 0.152. The molecule has 0 amide bonds. The molecule has 4 nitrogen and oxygen atoms in total. The van der Waals surface area contributed by atoms with Gasteiger partial charge < -0.3 is 9.47 Å². The lowest BCUT2D eigenvalue weighted by Gasteiger charge is -2.13. The quantitative estimate of drug-likeness (QED) is 0.605. The fourth-order valence-electron chi connectivity index (χ4n) is 2.26. The van der Waals surface area contributed by atoms with Crippen LogP contribution < -0.4 is 0 Å². The number of ether oxygens (including phenoxy) is 2. The van der Waals surface area contributed by atoms with Crippen molar-refractivity contribution < 1.29 is 19.1 Å². The van der Waals surface area contributed by atoms with Crippen LogP contribution in [0.15, 0.2) is 42.5 Å². The standard InChI is InChI=1S/C18H20O4/c1-3-16(17(19)21-4-2)18(20)22-12-13-9-10-14-7-5-6-8-15(14)11-13/h5-11,16H,3-4,12H2,1-2H3. The second-order valence-electron chi connectivity index (χ2n) is 5.00. The predicted octanol–water partition coefficient (Wildman–Crippen LogP) is 3.47. The second kappa shape index (κ2) is 7.59. The van der Waals surface area contributed by atoms with Crippen LogP contribution in [-0.4, -0.2) is 18.5 Å². The van der Waals surface area contributed by atoms with Crippen LogP contribution in [0.25, 0.3) is 10.8 Å². The van der Waals surface area contributed by atoms with Gasteiger partial charge in [0.25, 0.3) is 0 Å². The van der Waals surface area contributed by atoms with Gasteiger partial charge in [-0.05, 0) is 35.7 Å². The molecule has 1 unspecified atom stereocenters. The monoisotopic (exact) mass is 300 g/mol. The van der Waals surface area contributed by atoms with E-state index in [4.69, 9.17) is 9.47 Å². The van der Waals surface area contributed by atoms with Crippen molar-refractivity contribution in [3.8, 4) is 0 Å². The van der Waals surface area contributed by atoms with Gasteiger partial charge in [0.2, 0.25) is 0 Å². The van der Waals surface area contributed by atoms with E-state index in [1.807, 2.05) is 42.5 Å². The van der Waals surface area contributed by atoms with Gasteiger partial charge in [-0.2, -0.15) is 0 Å². The molecule has 0 heterocycles. The van der Waals surface area contributed by atoms with Crippen molar-refractivity contribution in [1.82, 2.24) is 0 Å². The van der Waals surface area contributed by atoms with Gasteiger partial charge in [-0.1, -0.05) is 43.3 Å². The van der Waals surface area contributed by atoms with E-state index in [0.717, 1.165) is 16.3 Å². The molecule has 2 aromatic rings.